The first-order valence-corrected chi connectivity index (χ1v) is 5.22. The first-order chi connectivity index (χ1) is 8.09. The summed E-state index contributed by atoms with van der Waals surface area (Å²) in [6.45, 7) is 0.189. The molecule has 5 nitrogen and oxygen atoms in total. The van der Waals surface area contributed by atoms with Crippen LogP contribution in [0.5, 0.6) is 5.75 Å². The summed E-state index contributed by atoms with van der Waals surface area (Å²) in [6.07, 6.45) is -0.204. The number of rotatable bonds is 7. The second-order valence-electron chi connectivity index (χ2n) is 3.58. The van der Waals surface area contributed by atoms with Gasteiger partial charge in [-0.2, -0.15) is 0 Å². The Balaban J connectivity index is 2.37. The van der Waals surface area contributed by atoms with Crippen molar-refractivity contribution >= 4 is 11.9 Å². The predicted molar refractivity (Wildman–Crippen MR) is 59.9 cm³/mol. The van der Waals surface area contributed by atoms with Crippen LogP contribution in [-0.2, 0) is 9.59 Å². The maximum Gasteiger partial charge on any atom is 0.307 e. The fourth-order valence-corrected chi connectivity index (χ4v) is 1.36. The van der Waals surface area contributed by atoms with Crippen LogP contribution >= 0.6 is 0 Å². The molecule has 1 rings (SSSR count). The molecule has 0 radical (unpaired) electrons. The highest BCUT2D eigenvalue weighted by molar-refractivity contribution is 5.77. The quantitative estimate of drug-likeness (QED) is 0.754. The van der Waals surface area contributed by atoms with Gasteiger partial charge in [0.05, 0.1) is 18.9 Å². The van der Waals surface area contributed by atoms with Crippen molar-refractivity contribution in [3.05, 3.63) is 30.3 Å². The van der Waals surface area contributed by atoms with Gasteiger partial charge in [-0.15, -0.1) is 0 Å². The number of carbonyl (C=O) groups is 2. The van der Waals surface area contributed by atoms with Crippen molar-refractivity contribution in [3.8, 4) is 5.75 Å². The largest absolute Gasteiger partial charge is 0.494 e. The van der Waals surface area contributed by atoms with E-state index in [0.717, 1.165) is 0 Å². The van der Waals surface area contributed by atoms with Crippen molar-refractivity contribution in [1.29, 1.82) is 0 Å². The third-order valence-corrected chi connectivity index (χ3v) is 2.25. The van der Waals surface area contributed by atoms with E-state index in [1.165, 1.54) is 0 Å². The van der Waals surface area contributed by atoms with Crippen LogP contribution in [0.25, 0.3) is 0 Å². The highest BCUT2D eigenvalue weighted by atomic mass is 16.5. The van der Waals surface area contributed by atoms with Crippen molar-refractivity contribution in [1.82, 2.24) is 0 Å². The van der Waals surface area contributed by atoms with Gasteiger partial charge in [-0.05, 0) is 18.6 Å². The van der Waals surface area contributed by atoms with Gasteiger partial charge in [-0.1, -0.05) is 18.2 Å². The van der Waals surface area contributed by atoms with E-state index in [1.807, 2.05) is 6.07 Å². The van der Waals surface area contributed by atoms with Crippen LogP contribution in [0.1, 0.15) is 12.8 Å². The highest BCUT2D eigenvalue weighted by Gasteiger charge is 2.20. The molecule has 0 bridgehead atoms. The van der Waals surface area contributed by atoms with Crippen molar-refractivity contribution in [2.75, 3.05) is 6.61 Å². The molecular weight excluding hydrogens is 224 g/mol. The van der Waals surface area contributed by atoms with Gasteiger partial charge in [0, 0.05) is 0 Å². The van der Waals surface area contributed by atoms with Crippen molar-refractivity contribution in [2.45, 2.75) is 12.8 Å². The van der Waals surface area contributed by atoms with Crippen LogP contribution in [0.4, 0.5) is 0 Å². The molecule has 1 unspecified atom stereocenters. The first-order valence-electron chi connectivity index (χ1n) is 5.22. The third-order valence-electron chi connectivity index (χ3n) is 2.25. The maximum atomic E-state index is 10.8. The zero-order valence-electron chi connectivity index (χ0n) is 9.20. The Morgan fingerprint density at radius 1 is 1.18 bits per heavy atom. The molecular formula is C12H14O5. The summed E-state index contributed by atoms with van der Waals surface area (Å²) in [5.41, 5.74) is 0. The molecule has 0 aliphatic carbocycles. The van der Waals surface area contributed by atoms with Crippen LogP contribution in [0, 0.1) is 5.92 Å². The summed E-state index contributed by atoms with van der Waals surface area (Å²) in [4.78, 5) is 21.2. The van der Waals surface area contributed by atoms with Gasteiger partial charge in [-0.25, -0.2) is 0 Å². The van der Waals surface area contributed by atoms with Crippen LogP contribution in [0.15, 0.2) is 30.3 Å². The third kappa shape index (κ3) is 5.01. The first kappa shape index (κ1) is 13.0. The topological polar surface area (TPSA) is 83.8 Å². The summed E-state index contributed by atoms with van der Waals surface area (Å²) < 4.78 is 5.31. The molecule has 1 atom stereocenters. The van der Waals surface area contributed by atoms with Gasteiger partial charge >= 0.3 is 11.9 Å². The number of ether oxygens (including phenoxy) is 1. The minimum absolute atomic E-state index is 0.177. The van der Waals surface area contributed by atoms with Gasteiger partial charge in [0.25, 0.3) is 0 Å². The normalized spacial score (nSPS) is 11.8. The Morgan fingerprint density at radius 2 is 1.82 bits per heavy atom. The average molecular weight is 238 g/mol. The number of carboxylic acids is 2. The fourth-order valence-electron chi connectivity index (χ4n) is 1.36. The molecule has 1 aromatic rings. The number of aliphatic carboxylic acids is 2. The molecule has 0 aliphatic rings. The molecule has 17 heavy (non-hydrogen) atoms. The number of benzene rings is 1. The van der Waals surface area contributed by atoms with Crippen molar-refractivity contribution in [2.24, 2.45) is 5.92 Å². The summed E-state index contributed by atoms with van der Waals surface area (Å²) in [6, 6.07) is 8.97. The van der Waals surface area contributed by atoms with E-state index in [2.05, 4.69) is 0 Å². The minimum atomic E-state index is -1.11. The lowest BCUT2D eigenvalue weighted by molar-refractivity contribution is -0.148. The molecule has 0 heterocycles. The number of hydrogen-bond donors (Lipinski definition) is 2. The summed E-state index contributed by atoms with van der Waals surface area (Å²) in [5, 5.41) is 17.3. The van der Waals surface area contributed by atoms with E-state index in [4.69, 9.17) is 14.9 Å². The lowest BCUT2D eigenvalue weighted by atomic mass is 10.0. The minimum Gasteiger partial charge on any atom is -0.494 e. The molecule has 0 spiro atoms. The molecule has 0 amide bonds. The second-order valence-corrected chi connectivity index (χ2v) is 3.58. The monoisotopic (exact) mass is 238 g/mol. The predicted octanol–water partition coefficient (Wildman–Crippen LogP) is 1.63. The van der Waals surface area contributed by atoms with Crippen LogP contribution in [0.3, 0.4) is 0 Å². The molecule has 92 valence electrons. The number of para-hydroxylation sites is 1. The molecule has 0 saturated carbocycles. The summed E-state index contributed by atoms with van der Waals surface area (Å²) in [5.74, 6) is -2.48. The second kappa shape index (κ2) is 6.52. The highest BCUT2D eigenvalue weighted by Crippen LogP contribution is 2.13. The number of hydrogen-bond acceptors (Lipinski definition) is 3. The Bertz CT molecular complexity index is 374. The van der Waals surface area contributed by atoms with E-state index in [-0.39, 0.29) is 19.4 Å². The van der Waals surface area contributed by atoms with Gasteiger partial charge in [0.15, 0.2) is 0 Å². The van der Waals surface area contributed by atoms with Crippen LogP contribution in [-0.4, -0.2) is 28.8 Å². The summed E-state index contributed by atoms with van der Waals surface area (Å²) in [7, 11) is 0. The molecule has 0 fully saturated rings. The SMILES string of the molecule is O=C(O)CC(CCOc1ccccc1)C(=O)O. The van der Waals surface area contributed by atoms with E-state index in [0.29, 0.717) is 5.75 Å². The Morgan fingerprint density at radius 3 is 2.35 bits per heavy atom. The van der Waals surface area contributed by atoms with E-state index in [9.17, 15) is 9.59 Å². The zero-order chi connectivity index (χ0) is 12.7. The molecule has 1 aromatic carbocycles. The molecule has 2 N–H and O–H groups in total. The Hall–Kier alpha value is -2.04. The van der Waals surface area contributed by atoms with Gasteiger partial charge in [0.1, 0.15) is 5.75 Å². The molecule has 0 aliphatic heterocycles. The summed E-state index contributed by atoms with van der Waals surface area (Å²) >= 11 is 0. The van der Waals surface area contributed by atoms with E-state index in [1.54, 1.807) is 24.3 Å². The molecule has 0 aromatic heterocycles. The van der Waals surface area contributed by atoms with Crippen molar-refractivity contribution in [3.63, 3.8) is 0 Å². The standard InChI is InChI=1S/C12H14O5/c13-11(14)8-9(12(15)16)6-7-17-10-4-2-1-3-5-10/h1-5,9H,6-8H2,(H,13,14)(H,15,16). The Labute approximate surface area is 98.6 Å². The zero-order valence-corrected chi connectivity index (χ0v) is 9.20. The lowest BCUT2D eigenvalue weighted by Gasteiger charge is -2.10. The van der Waals surface area contributed by atoms with Gasteiger partial charge in [-0.3, -0.25) is 9.59 Å². The van der Waals surface area contributed by atoms with Crippen molar-refractivity contribution < 1.29 is 24.5 Å². The smallest absolute Gasteiger partial charge is 0.307 e. The molecule has 5 heteroatoms. The van der Waals surface area contributed by atoms with Gasteiger partial charge in [0.2, 0.25) is 0 Å². The Kier molecular flexibility index (Phi) is 5.00. The van der Waals surface area contributed by atoms with E-state index < -0.39 is 17.9 Å². The van der Waals surface area contributed by atoms with Gasteiger partial charge < -0.3 is 14.9 Å². The molecule has 0 saturated heterocycles. The van der Waals surface area contributed by atoms with Crippen LogP contribution < -0.4 is 4.74 Å². The lowest BCUT2D eigenvalue weighted by Crippen LogP contribution is -2.20. The average Bonchev–Trinajstić information content (AvgIpc) is 2.28. The maximum absolute atomic E-state index is 10.8. The number of carboxylic acid groups (broad SMARTS) is 2. The fraction of sp³-hybridized carbons (Fsp3) is 0.333. The van der Waals surface area contributed by atoms with E-state index >= 15 is 0 Å². The van der Waals surface area contributed by atoms with Crippen LogP contribution in [0.2, 0.25) is 0 Å².